The van der Waals surface area contributed by atoms with Gasteiger partial charge in [0.15, 0.2) is 11.5 Å². The number of fused-ring (bicyclic) bond motifs is 1. The van der Waals surface area contributed by atoms with Crippen molar-refractivity contribution in [2.24, 2.45) is 0 Å². The summed E-state index contributed by atoms with van der Waals surface area (Å²) in [6, 6.07) is 24.0. The molecule has 5 heteroatoms. The van der Waals surface area contributed by atoms with Gasteiger partial charge < -0.3 is 5.32 Å². The molecule has 0 saturated carbocycles. The minimum Gasteiger partial charge on any atom is -0.365 e. The van der Waals surface area contributed by atoms with E-state index in [4.69, 9.17) is 0 Å². The van der Waals surface area contributed by atoms with Gasteiger partial charge in [-0.1, -0.05) is 72.8 Å². The van der Waals surface area contributed by atoms with Crippen molar-refractivity contribution >= 4 is 17.5 Å². The number of hydrogen-bond acceptors (Lipinski definition) is 4. The molecule has 0 spiro atoms. The fourth-order valence-corrected chi connectivity index (χ4v) is 2.57. The fraction of sp³-hybridized carbons (Fsp3) is 0.0500. The van der Waals surface area contributed by atoms with Crippen LogP contribution in [0.2, 0.25) is 0 Å². The van der Waals surface area contributed by atoms with E-state index in [9.17, 15) is 0 Å². The molecule has 4 aromatic rings. The van der Waals surface area contributed by atoms with Gasteiger partial charge in [0.05, 0.1) is 0 Å². The zero-order valence-corrected chi connectivity index (χ0v) is 13.6. The summed E-state index contributed by atoms with van der Waals surface area (Å²) in [5.74, 6) is 1.52. The molecule has 0 radical (unpaired) electrons. The first-order valence-electron chi connectivity index (χ1n) is 8.13. The third-order valence-electron chi connectivity index (χ3n) is 3.81. The van der Waals surface area contributed by atoms with Gasteiger partial charge in [0.1, 0.15) is 5.82 Å². The molecule has 0 aliphatic heterocycles. The van der Waals surface area contributed by atoms with Crippen LogP contribution in [0.5, 0.6) is 0 Å². The summed E-state index contributed by atoms with van der Waals surface area (Å²) in [6.45, 7) is 0.691. The lowest BCUT2D eigenvalue weighted by atomic mass is 10.2. The summed E-state index contributed by atoms with van der Waals surface area (Å²) in [6.07, 6.45) is 4.16. The molecule has 0 fully saturated rings. The van der Waals surface area contributed by atoms with Gasteiger partial charge in [0, 0.05) is 12.1 Å². The van der Waals surface area contributed by atoms with Gasteiger partial charge in [-0.2, -0.15) is 4.52 Å². The summed E-state index contributed by atoms with van der Waals surface area (Å²) >= 11 is 0. The van der Waals surface area contributed by atoms with E-state index in [2.05, 4.69) is 44.9 Å². The Hall–Kier alpha value is -3.47. The highest BCUT2D eigenvalue weighted by atomic mass is 15.4. The zero-order valence-electron chi connectivity index (χ0n) is 13.6. The van der Waals surface area contributed by atoms with Crippen LogP contribution in [-0.2, 0) is 0 Å². The number of rotatable bonds is 5. The smallest absolute Gasteiger partial charge is 0.185 e. The Bertz CT molecular complexity index is 990. The van der Waals surface area contributed by atoms with Crippen molar-refractivity contribution in [1.82, 2.24) is 19.8 Å². The van der Waals surface area contributed by atoms with E-state index in [1.807, 2.05) is 60.7 Å². The number of nitrogens with one attached hydrogen (secondary N) is 1. The molecule has 122 valence electrons. The molecule has 5 nitrogen and oxygen atoms in total. The second-order valence-corrected chi connectivity index (χ2v) is 5.57. The first kappa shape index (κ1) is 15.1. The number of nitrogens with zero attached hydrogens (tertiary/aromatic N) is 4. The van der Waals surface area contributed by atoms with E-state index in [0.717, 1.165) is 22.9 Å². The summed E-state index contributed by atoms with van der Waals surface area (Å²) in [7, 11) is 0. The molecule has 0 atom stereocenters. The van der Waals surface area contributed by atoms with Gasteiger partial charge in [0.2, 0.25) is 0 Å². The molecule has 2 aromatic heterocycles. The lowest BCUT2D eigenvalue weighted by Crippen LogP contribution is -2.04. The second-order valence-electron chi connectivity index (χ2n) is 5.57. The Balaban J connectivity index is 1.52. The molecule has 2 heterocycles. The predicted molar refractivity (Wildman–Crippen MR) is 100 cm³/mol. The quantitative estimate of drug-likeness (QED) is 0.604. The molecule has 0 unspecified atom stereocenters. The first-order valence-corrected chi connectivity index (χ1v) is 8.13. The van der Waals surface area contributed by atoms with Crippen molar-refractivity contribution in [3.63, 3.8) is 0 Å². The van der Waals surface area contributed by atoms with Gasteiger partial charge in [-0.15, -0.1) is 15.3 Å². The van der Waals surface area contributed by atoms with Gasteiger partial charge in [0.25, 0.3) is 0 Å². The van der Waals surface area contributed by atoms with Crippen LogP contribution in [0.4, 0.5) is 5.82 Å². The van der Waals surface area contributed by atoms with Crippen molar-refractivity contribution in [2.45, 2.75) is 0 Å². The summed E-state index contributed by atoms with van der Waals surface area (Å²) in [4.78, 5) is 0. The highest BCUT2D eigenvalue weighted by Crippen LogP contribution is 2.17. The van der Waals surface area contributed by atoms with Crippen LogP contribution in [0.3, 0.4) is 0 Å². The lowest BCUT2D eigenvalue weighted by Gasteiger charge is -2.04. The number of anilines is 1. The minimum absolute atomic E-state index is 0.691. The third-order valence-corrected chi connectivity index (χ3v) is 3.81. The van der Waals surface area contributed by atoms with Crippen LogP contribution in [0.25, 0.3) is 23.1 Å². The van der Waals surface area contributed by atoms with Crippen LogP contribution >= 0.6 is 0 Å². The molecule has 25 heavy (non-hydrogen) atoms. The maximum absolute atomic E-state index is 4.60. The van der Waals surface area contributed by atoms with Gasteiger partial charge >= 0.3 is 0 Å². The number of benzene rings is 2. The van der Waals surface area contributed by atoms with Crippen LogP contribution in [0.15, 0.2) is 78.9 Å². The van der Waals surface area contributed by atoms with Gasteiger partial charge in [-0.3, -0.25) is 0 Å². The van der Waals surface area contributed by atoms with Gasteiger partial charge in [-0.05, 0) is 17.7 Å². The molecule has 0 saturated heterocycles. The lowest BCUT2D eigenvalue weighted by molar-refractivity contribution is 0.934. The van der Waals surface area contributed by atoms with E-state index >= 15 is 0 Å². The first-order chi connectivity index (χ1) is 12.4. The van der Waals surface area contributed by atoms with Crippen molar-refractivity contribution in [1.29, 1.82) is 0 Å². The molecule has 4 rings (SSSR count). The van der Waals surface area contributed by atoms with Crippen LogP contribution < -0.4 is 5.32 Å². The van der Waals surface area contributed by atoms with E-state index in [-0.39, 0.29) is 0 Å². The molecule has 2 aromatic carbocycles. The molecule has 0 aliphatic carbocycles. The second kappa shape index (κ2) is 6.97. The largest absolute Gasteiger partial charge is 0.365 e. The van der Waals surface area contributed by atoms with E-state index in [1.165, 1.54) is 5.56 Å². The Kier molecular flexibility index (Phi) is 4.20. The molecular formula is C20H17N5. The summed E-state index contributed by atoms with van der Waals surface area (Å²) < 4.78 is 1.76. The Morgan fingerprint density at radius 1 is 0.840 bits per heavy atom. The van der Waals surface area contributed by atoms with Crippen molar-refractivity contribution in [3.05, 3.63) is 84.4 Å². The molecule has 0 amide bonds. The standard InChI is InChI=1S/C20H17N5/c1-3-8-16(9-4-1)10-7-15-21-18-13-14-19-22-23-20(25(19)24-18)17-11-5-2-6-12-17/h1-14H,15H2,(H,21,24)/b10-7+. The molecule has 1 N–H and O–H groups in total. The van der Waals surface area contributed by atoms with Crippen LogP contribution in [0.1, 0.15) is 5.56 Å². The Morgan fingerprint density at radius 3 is 2.40 bits per heavy atom. The molecular weight excluding hydrogens is 310 g/mol. The minimum atomic E-state index is 0.691. The van der Waals surface area contributed by atoms with Gasteiger partial charge in [-0.25, -0.2) is 0 Å². The summed E-state index contributed by atoms with van der Waals surface area (Å²) in [5, 5.41) is 16.3. The van der Waals surface area contributed by atoms with E-state index in [0.29, 0.717) is 6.54 Å². The SMILES string of the molecule is C(=C\c1ccccc1)/CNc1ccc2nnc(-c3ccccc3)n2n1. The normalized spacial score (nSPS) is 11.2. The highest BCUT2D eigenvalue weighted by molar-refractivity contribution is 5.59. The Morgan fingerprint density at radius 2 is 1.60 bits per heavy atom. The predicted octanol–water partition coefficient (Wildman–Crippen LogP) is 3.92. The zero-order chi connectivity index (χ0) is 16.9. The van der Waals surface area contributed by atoms with E-state index in [1.54, 1.807) is 4.52 Å². The van der Waals surface area contributed by atoms with Crippen molar-refractivity contribution < 1.29 is 0 Å². The van der Waals surface area contributed by atoms with Crippen molar-refractivity contribution in [3.8, 4) is 11.4 Å². The number of hydrogen-bond donors (Lipinski definition) is 1. The molecule has 0 bridgehead atoms. The third kappa shape index (κ3) is 3.40. The molecule has 0 aliphatic rings. The maximum Gasteiger partial charge on any atom is 0.185 e. The Labute approximate surface area is 145 Å². The van der Waals surface area contributed by atoms with E-state index < -0.39 is 0 Å². The van der Waals surface area contributed by atoms with Crippen LogP contribution in [0, 0.1) is 0 Å². The summed E-state index contributed by atoms with van der Waals surface area (Å²) in [5.41, 5.74) is 2.89. The highest BCUT2D eigenvalue weighted by Gasteiger charge is 2.09. The average Bonchev–Trinajstić information content (AvgIpc) is 3.10. The van der Waals surface area contributed by atoms with Crippen LogP contribution in [-0.4, -0.2) is 26.4 Å². The fourth-order valence-electron chi connectivity index (χ4n) is 2.57. The monoisotopic (exact) mass is 327 g/mol. The maximum atomic E-state index is 4.60. The number of aromatic nitrogens is 4. The topological polar surface area (TPSA) is 55.1 Å². The van der Waals surface area contributed by atoms with Crippen molar-refractivity contribution in [2.75, 3.05) is 11.9 Å². The average molecular weight is 327 g/mol.